The Labute approximate surface area is 50.3 Å². The second-order valence-corrected chi connectivity index (χ2v) is 2.07. The molecule has 0 atom stereocenters. The number of hydrogen-bond acceptors (Lipinski definition) is 1. The second kappa shape index (κ2) is 2.55. The van der Waals surface area contributed by atoms with E-state index in [1.165, 1.54) is 0 Å². The smallest absolute Gasteiger partial charge is 0.111 e. The van der Waals surface area contributed by atoms with Crippen molar-refractivity contribution in [2.24, 2.45) is 0 Å². The molecule has 0 aliphatic carbocycles. The zero-order chi connectivity index (χ0) is 6.73. The van der Waals surface area contributed by atoms with E-state index in [2.05, 4.69) is 6.58 Å². The largest absolute Gasteiger partial charge is 0.508 e. The monoisotopic (exact) mass is 112 g/mol. The predicted octanol–water partition coefficient (Wildman–Crippen LogP) is 2.41. The summed E-state index contributed by atoms with van der Waals surface area (Å²) in [5, 5.41) is 8.74. The first kappa shape index (κ1) is 7.28. The quantitative estimate of drug-likeness (QED) is 0.408. The summed E-state index contributed by atoms with van der Waals surface area (Å²) in [4.78, 5) is 0. The van der Waals surface area contributed by atoms with Crippen LogP contribution in [0.3, 0.4) is 0 Å². The van der Waals surface area contributed by atoms with Crippen LogP contribution in [0.2, 0.25) is 0 Å². The van der Waals surface area contributed by atoms with Crippen LogP contribution in [0, 0.1) is 0 Å². The topological polar surface area (TPSA) is 20.2 Å². The van der Waals surface area contributed by atoms with E-state index in [1.807, 2.05) is 20.8 Å². The molecule has 1 N–H and O–H groups in total. The molecule has 0 saturated heterocycles. The van der Waals surface area contributed by atoms with Gasteiger partial charge in [-0.25, -0.2) is 0 Å². The van der Waals surface area contributed by atoms with Gasteiger partial charge in [-0.05, 0) is 26.3 Å². The maximum atomic E-state index is 8.74. The first-order valence-corrected chi connectivity index (χ1v) is 2.58. The van der Waals surface area contributed by atoms with Crippen LogP contribution in [0.4, 0.5) is 0 Å². The maximum absolute atomic E-state index is 8.74. The summed E-state index contributed by atoms with van der Waals surface area (Å²) in [6, 6.07) is 0. The molecule has 0 heterocycles. The van der Waals surface area contributed by atoms with Crippen molar-refractivity contribution in [3.63, 3.8) is 0 Å². The number of hydrogen-bond donors (Lipinski definition) is 1. The summed E-state index contributed by atoms with van der Waals surface area (Å²) in [7, 11) is 0. The molecule has 0 saturated carbocycles. The van der Waals surface area contributed by atoms with Crippen LogP contribution in [-0.4, -0.2) is 5.11 Å². The van der Waals surface area contributed by atoms with Gasteiger partial charge >= 0.3 is 0 Å². The molecule has 1 heteroatoms. The van der Waals surface area contributed by atoms with E-state index in [-0.39, 0.29) is 5.76 Å². The first-order valence-electron chi connectivity index (χ1n) is 2.58. The fourth-order valence-corrected chi connectivity index (χ4v) is 0.289. The summed E-state index contributed by atoms with van der Waals surface area (Å²) in [6.45, 7) is 9.10. The molecule has 0 aromatic rings. The molecule has 0 amide bonds. The molecular weight excluding hydrogens is 100 g/mol. The van der Waals surface area contributed by atoms with Crippen molar-refractivity contribution in [2.75, 3.05) is 0 Å². The Balaban J connectivity index is 4.23. The van der Waals surface area contributed by atoms with Gasteiger partial charge in [0.2, 0.25) is 0 Å². The normalized spacial score (nSPS) is 8.38. The van der Waals surface area contributed by atoms with Gasteiger partial charge in [0, 0.05) is 0 Å². The Morgan fingerprint density at radius 2 is 1.62 bits per heavy atom. The van der Waals surface area contributed by atoms with Gasteiger partial charge in [0.05, 0.1) is 0 Å². The van der Waals surface area contributed by atoms with Gasteiger partial charge in [-0.15, -0.1) is 0 Å². The average molecular weight is 112 g/mol. The molecule has 1 nitrogen and oxygen atoms in total. The maximum Gasteiger partial charge on any atom is 0.111 e. The van der Waals surface area contributed by atoms with Gasteiger partial charge in [0.15, 0.2) is 0 Å². The molecule has 46 valence electrons. The van der Waals surface area contributed by atoms with Crippen LogP contribution in [0.25, 0.3) is 0 Å². The molecule has 0 bridgehead atoms. The van der Waals surface area contributed by atoms with Gasteiger partial charge in [-0.1, -0.05) is 12.2 Å². The summed E-state index contributed by atoms with van der Waals surface area (Å²) in [6.07, 6.45) is 0. The average Bonchev–Trinajstić information content (AvgIpc) is 1.64. The molecule has 0 fully saturated rings. The minimum absolute atomic E-state index is 0.171. The highest BCUT2D eigenvalue weighted by Crippen LogP contribution is 2.07. The van der Waals surface area contributed by atoms with Gasteiger partial charge in [0.1, 0.15) is 5.76 Å². The van der Waals surface area contributed by atoms with Crippen molar-refractivity contribution in [2.45, 2.75) is 20.8 Å². The lowest BCUT2D eigenvalue weighted by Gasteiger charge is -1.97. The van der Waals surface area contributed by atoms with Crippen molar-refractivity contribution < 1.29 is 5.11 Å². The van der Waals surface area contributed by atoms with E-state index in [4.69, 9.17) is 5.11 Å². The van der Waals surface area contributed by atoms with Crippen molar-refractivity contribution in [1.82, 2.24) is 0 Å². The lowest BCUT2D eigenvalue weighted by molar-refractivity contribution is 0.425. The molecule has 0 radical (unpaired) electrons. The molecule has 0 spiro atoms. The van der Waals surface area contributed by atoms with Crippen molar-refractivity contribution in [1.29, 1.82) is 0 Å². The minimum Gasteiger partial charge on any atom is -0.508 e. The Morgan fingerprint density at radius 3 is 1.62 bits per heavy atom. The van der Waals surface area contributed by atoms with E-state index in [0.717, 1.165) is 11.1 Å². The Hall–Kier alpha value is -0.720. The molecule has 0 aliphatic rings. The van der Waals surface area contributed by atoms with Crippen molar-refractivity contribution >= 4 is 0 Å². The molecule has 0 unspecified atom stereocenters. The fraction of sp³-hybridized carbons (Fsp3) is 0.429. The third kappa shape index (κ3) is 1.82. The summed E-state index contributed by atoms with van der Waals surface area (Å²) < 4.78 is 0. The molecule has 0 rings (SSSR count). The predicted molar refractivity (Wildman–Crippen MR) is 35.8 cm³/mol. The Bertz CT molecular complexity index is 127. The van der Waals surface area contributed by atoms with Crippen LogP contribution >= 0.6 is 0 Å². The van der Waals surface area contributed by atoms with Crippen LogP contribution in [0.5, 0.6) is 0 Å². The van der Waals surface area contributed by atoms with E-state index in [0.29, 0.717) is 0 Å². The highest BCUT2D eigenvalue weighted by atomic mass is 16.3. The zero-order valence-electron chi connectivity index (χ0n) is 5.65. The minimum atomic E-state index is 0.171. The summed E-state index contributed by atoms with van der Waals surface area (Å²) >= 11 is 0. The molecule has 0 aliphatic heterocycles. The zero-order valence-corrected chi connectivity index (χ0v) is 5.65. The first-order chi connectivity index (χ1) is 3.55. The number of aliphatic hydroxyl groups excluding tert-OH is 1. The number of aliphatic hydroxyl groups is 1. The van der Waals surface area contributed by atoms with Gasteiger partial charge in [-0.2, -0.15) is 0 Å². The number of rotatable bonds is 1. The highest BCUT2D eigenvalue weighted by molar-refractivity contribution is 5.23. The van der Waals surface area contributed by atoms with Crippen LogP contribution < -0.4 is 0 Å². The third-order valence-electron chi connectivity index (χ3n) is 1.18. The van der Waals surface area contributed by atoms with E-state index >= 15 is 0 Å². The van der Waals surface area contributed by atoms with Crippen LogP contribution in [0.1, 0.15) is 20.8 Å². The van der Waals surface area contributed by atoms with Crippen molar-refractivity contribution in [3.8, 4) is 0 Å². The Morgan fingerprint density at radius 1 is 1.25 bits per heavy atom. The van der Waals surface area contributed by atoms with Crippen molar-refractivity contribution in [3.05, 3.63) is 23.5 Å². The highest BCUT2D eigenvalue weighted by Gasteiger charge is 1.91. The van der Waals surface area contributed by atoms with Crippen LogP contribution in [0.15, 0.2) is 23.5 Å². The fourth-order valence-electron chi connectivity index (χ4n) is 0.289. The van der Waals surface area contributed by atoms with Crippen LogP contribution in [-0.2, 0) is 0 Å². The Kier molecular flexibility index (Phi) is 2.32. The molecule has 0 aromatic heterocycles. The second-order valence-electron chi connectivity index (χ2n) is 2.07. The summed E-state index contributed by atoms with van der Waals surface area (Å²) in [5.41, 5.74) is 1.99. The van der Waals surface area contributed by atoms with E-state index in [1.54, 1.807) is 0 Å². The molecule has 0 aromatic carbocycles. The van der Waals surface area contributed by atoms with Gasteiger partial charge in [-0.3, -0.25) is 0 Å². The number of allylic oxidation sites excluding steroid dienone is 2. The summed E-state index contributed by atoms with van der Waals surface area (Å²) in [5.74, 6) is 0.171. The SMILES string of the molecule is C=C(O)C(C)=C(C)C. The van der Waals surface area contributed by atoms with Gasteiger partial charge in [0.25, 0.3) is 0 Å². The standard InChI is InChI=1S/C7H12O/c1-5(2)6(3)7(4)8/h8H,4H2,1-3H3. The third-order valence-corrected chi connectivity index (χ3v) is 1.18. The van der Waals surface area contributed by atoms with Gasteiger partial charge < -0.3 is 5.11 Å². The lowest BCUT2D eigenvalue weighted by Crippen LogP contribution is -1.82. The van der Waals surface area contributed by atoms with E-state index in [9.17, 15) is 0 Å². The molecule has 8 heavy (non-hydrogen) atoms. The molecular formula is C7H12O. The van der Waals surface area contributed by atoms with E-state index < -0.39 is 0 Å². The lowest BCUT2D eigenvalue weighted by atomic mass is 10.1.